The van der Waals surface area contributed by atoms with Crippen molar-refractivity contribution >= 4 is 12.4 Å². The Morgan fingerprint density at radius 1 is 1.27 bits per heavy atom. The Balaban J connectivity index is 2.96. The summed E-state index contributed by atoms with van der Waals surface area (Å²) in [6, 6.07) is 7.59. The zero-order chi connectivity index (χ0) is 11.3. The Bertz CT molecular complexity index is 359. The zero-order valence-electron chi connectivity index (χ0n) is 9.28. The molecular formula is C13H15O2. The second kappa shape index (κ2) is 4.78. The van der Waals surface area contributed by atoms with Crippen LogP contribution in [0.2, 0.25) is 0 Å². The van der Waals surface area contributed by atoms with Gasteiger partial charge in [0.1, 0.15) is 11.4 Å². The normalized spacial score (nSPS) is 11.7. The molecule has 0 spiro atoms. The van der Waals surface area contributed by atoms with E-state index in [0.717, 1.165) is 11.3 Å². The number of para-hydroxylation sites is 1. The van der Waals surface area contributed by atoms with Crippen molar-refractivity contribution in [3.63, 3.8) is 0 Å². The molecule has 0 aliphatic carbocycles. The number of allylic oxidation sites excluding steroid dienone is 1. The van der Waals surface area contributed by atoms with Crippen LogP contribution in [0.4, 0.5) is 0 Å². The fraction of sp³-hybridized carbons (Fsp3) is 0.308. The summed E-state index contributed by atoms with van der Waals surface area (Å²) in [6.07, 6.45) is 4.75. The van der Waals surface area contributed by atoms with Gasteiger partial charge in [-0.15, -0.1) is 0 Å². The molecule has 0 atom stereocenters. The van der Waals surface area contributed by atoms with E-state index in [2.05, 4.69) is 0 Å². The second-order valence-corrected chi connectivity index (χ2v) is 4.20. The maximum Gasteiger partial charge on any atom is 0.225 e. The van der Waals surface area contributed by atoms with Crippen LogP contribution in [0.25, 0.3) is 6.08 Å². The first-order chi connectivity index (χ1) is 7.03. The molecule has 0 aliphatic rings. The molecule has 1 aromatic rings. The number of hydrogen-bond donors (Lipinski definition) is 0. The van der Waals surface area contributed by atoms with Gasteiger partial charge in [0.05, 0.1) is 0 Å². The van der Waals surface area contributed by atoms with Crippen LogP contribution in [0.1, 0.15) is 26.3 Å². The van der Waals surface area contributed by atoms with Crippen molar-refractivity contribution in [3.8, 4) is 5.75 Å². The van der Waals surface area contributed by atoms with E-state index in [0.29, 0.717) is 0 Å². The van der Waals surface area contributed by atoms with Gasteiger partial charge < -0.3 is 4.74 Å². The topological polar surface area (TPSA) is 26.3 Å². The molecule has 2 nitrogen and oxygen atoms in total. The van der Waals surface area contributed by atoms with E-state index in [1.54, 1.807) is 12.4 Å². The highest BCUT2D eigenvalue weighted by atomic mass is 16.5. The largest absolute Gasteiger partial charge is 0.488 e. The van der Waals surface area contributed by atoms with Crippen molar-refractivity contribution in [2.45, 2.75) is 26.4 Å². The lowest BCUT2D eigenvalue weighted by atomic mass is 10.1. The van der Waals surface area contributed by atoms with Gasteiger partial charge in [0.2, 0.25) is 6.29 Å². The van der Waals surface area contributed by atoms with Crippen molar-refractivity contribution < 1.29 is 9.53 Å². The van der Waals surface area contributed by atoms with Crippen LogP contribution in [0.5, 0.6) is 5.75 Å². The fourth-order valence-corrected chi connectivity index (χ4v) is 1.16. The van der Waals surface area contributed by atoms with Crippen LogP contribution in [-0.2, 0) is 4.79 Å². The Hall–Kier alpha value is -1.57. The molecule has 0 fully saturated rings. The Morgan fingerprint density at radius 3 is 2.53 bits per heavy atom. The molecule has 0 saturated heterocycles. The van der Waals surface area contributed by atoms with E-state index in [9.17, 15) is 4.79 Å². The van der Waals surface area contributed by atoms with Crippen molar-refractivity contribution in [3.05, 3.63) is 35.9 Å². The van der Waals surface area contributed by atoms with Crippen molar-refractivity contribution in [1.82, 2.24) is 0 Å². The monoisotopic (exact) mass is 203 g/mol. The van der Waals surface area contributed by atoms with Gasteiger partial charge in [-0.05, 0) is 39.0 Å². The van der Waals surface area contributed by atoms with Gasteiger partial charge >= 0.3 is 0 Å². The van der Waals surface area contributed by atoms with Crippen LogP contribution in [-0.4, -0.2) is 11.9 Å². The third-order valence-corrected chi connectivity index (χ3v) is 1.67. The SMILES string of the molecule is CC(C)(C)Oc1ccccc1C=C[C]=O. The van der Waals surface area contributed by atoms with Crippen LogP contribution in [0.3, 0.4) is 0 Å². The van der Waals surface area contributed by atoms with E-state index in [-0.39, 0.29) is 5.60 Å². The predicted molar refractivity (Wildman–Crippen MR) is 61.6 cm³/mol. The molecule has 0 amide bonds. The summed E-state index contributed by atoms with van der Waals surface area (Å²) in [6.45, 7) is 5.96. The summed E-state index contributed by atoms with van der Waals surface area (Å²) in [4.78, 5) is 10.1. The number of benzene rings is 1. The molecule has 0 unspecified atom stereocenters. The number of rotatable bonds is 3. The van der Waals surface area contributed by atoms with Gasteiger partial charge in [0.15, 0.2) is 0 Å². The molecular weight excluding hydrogens is 188 g/mol. The number of hydrogen-bond acceptors (Lipinski definition) is 2. The van der Waals surface area contributed by atoms with Gasteiger partial charge in [-0.3, -0.25) is 4.79 Å². The van der Waals surface area contributed by atoms with Crippen LogP contribution >= 0.6 is 0 Å². The van der Waals surface area contributed by atoms with Crippen LogP contribution < -0.4 is 4.74 Å². The Labute approximate surface area is 90.6 Å². The molecule has 0 aromatic heterocycles. The highest BCUT2D eigenvalue weighted by Gasteiger charge is 2.12. The Morgan fingerprint density at radius 2 is 1.93 bits per heavy atom. The molecule has 0 bridgehead atoms. The van der Waals surface area contributed by atoms with Gasteiger partial charge in [0, 0.05) is 5.56 Å². The maximum absolute atomic E-state index is 10.1. The number of carbonyl (C=O) groups excluding carboxylic acids is 1. The lowest BCUT2D eigenvalue weighted by molar-refractivity contribution is 0.130. The smallest absolute Gasteiger partial charge is 0.225 e. The molecule has 15 heavy (non-hydrogen) atoms. The van der Waals surface area contributed by atoms with E-state index in [1.165, 1.54) is 6.08 Å². The Kier molecular flexibility index (Phi) is 3.67. The molecule has 1 aromatic carbocycles. The first kappa shape index (κ1) is 11.5. The van der Waals surface area contributed by atoms with E-state index >= 15 is 0 Å². The van der Waals surface area contributed by atoms with E-state index < -0.39 is 0 Å². The minimum absolute atomic E-state index is 0.241. The molecule has 1 rings (SSSR count). The summed E-state index contributed by atoms with van der Waals surface area (Å²) in [7, 11) is 0. The van der Waals surface area contributed by atoms with Gasteiger partial charge in [-0.1, -0.05) is 18.2 Å². The molecule has 0 N–H and O–H groups in total. The average Bonchev–Trinajstić information content (AvgIpc) is 2.14. The first-order valence-electron chi connectivity index (χ1n) is 4.85. The summed E-state index contributed by atoms with van der Waals surface area (Å²) in [5.74, 6) is 0.775. The lowest BCUT2D eigenvalue weighted by Gasteiger charge is -2.22. The molecule has 0 heterocycles. The average molecular weight is 203 g/mol. The van der Waals surface area contributed by atoms with Crippen molar-refractivity contribution in [1.29, 1.82) is 0 Å². The van der Waals surface area contributed by atoms with Gasteiger partial charge in [0.25, 0.3) is 0 Å². The lowest BCUT2D eigenvalue weighted by Crippen LogP contribution is -2.23. The van der Waals surface area contributed by atoms with Gasteiger partial charge in [-0.2, -0.15) is 0 Å². The number of ether oxygens (including phenoxy) is 1. The zero-order valence-corrected chi connectivity index (χ0v) is 9.28. The predicted octanol–water partition coefficient (Wildman–Crippen LogP) is 2.99. The standard InChI is InChI=1S/C13H15O2/c1-13(2,3)15-12-9-5-4-7-11(12)8-6-10-14/h4-9H,1-3H3. The van der Waals surface area contributed by atoms with E-state index in [1.807, 2.05) is 45.0 Å². The van der Waals surface area contributed by atoms with Crippen LogP contribution in [0.15, 0.2) is 30.3 Å². The quantitative estimate of drug-likeness (QED) is 0.706. The third-order valence-electron chi connectivity index (χ3n) is 1.67. The third kappa shape index (κ3) is 3.98. The minimum atomic E-state index is -0.241. The maximum atomic E-state index is 10.1. The van der Waals surface area contributed by atoms with Crippen molar-refractivity contribution in [2.24, 2.45) is 0 Å². The minimum Gasteiger partial charge on any atom is -0.488 e. The highest BCUT2D eigenvalue weighted by Crippen LogP contribution is 2.23. The van der Waals surface area contributed by atoms with Crippen LogP contribution in [0, 0.1) is 0 Å². The molecule has 79 valence electrons. The molecule has 2 heteroatoms. The summed E-state index contributed by atoms with van der Waals surface area (Å²) in [5.41, 5.74) is 0.644. The fourth-order valence-electron chi connectivity index (χ4n) is 1.16. The highest BCUT2D eigenvalue weighted by molar-refractivity contribution is 5.75. The molecule has 0 aliphatic heterocycles. The first-order valence-corrected chi connectivity index (χ1v) is 4.85. The van der Waals surface area contributed by atoms with E-state index in [4.69, 9.17) is 4.74 Å². The summed E-state index contributed by atoms with van der Waals surface area (Å²) in [5, 5.41) is 0. The molecule has 0 saturated carbocycles. The second-order valence-electron chi connectivity index (χ2n) is 4.20. The summed E-state index contributed by atoms with van der Waals surface area (Å²) >= 11 is 0. The van der Waals surface area contributed by atoms with Crippen molar-refractivity contribution in [2.75, 3.05) is 0 Å². The van der Waals surface area contributed by atoms with Gasteiger partial charge in [-0.25, -0.2) is 0 Å². The molecule has 1 radical (unpaired) electrons. The summed E-state index contributed by atoms with van der Waals surface area (Å²) < 4.78 is 5.75.